The lowest BCUT2D eigenvalue weighted by molar-refractivity contribution is 0.102. The van der Waals surface area contributed by atoms with Gasteiger partial charge in [0.05, 0.1) is 11.3 Å². The predicted octanol–water partition coefficient (Wildman–Crippen LogP) is 3.34. The molecule has 104 valence electrons. The van der Waals surface area contributed by atoms with Crippen LogP contribution in [0.2, 0.25) is 0 Å². The number of anilines is 1. The molecule has 1 amide bonds. The molecule has 0 saturated heterocycles. The third-order valence-corrected chi connectivity index (χ3v) is 3.03. The Morgan fingerprint density at radius 3 is 2.60 bits per heavy atom. The Bertz CT molecular complexity index is 616. The lowest BCUT2D eigenvalue weighted by atomic mass is 9.87. The highest BCUT2D eigenvalue weighted by Gasteiger charge is 2.16. The Labute approximate surface area is 118 Å². The highest BCUT2D eigenvalue weighted by Crippen LogP contribution is 2.30. The number of nitrogens with one attached hydrogen (secondary N) is 1. The minimum atomic E-state index is -0.292. The zero-order chi connectivity index (χ0) is 14.8. The van der Waals surface area contributed by atoms with Crippen LogP contribution in [-0.4, -0.2) is 16.0 Å². The number of aromatic hydroxyl groups is 1. The molecule has 0 aliphatic carbocycles. The second kappa shape index (κ2) is 5.33. The van der Waals surface area contributed by atoms with Crippen molar-refractivity contribution in [1.82, 2.24) is 4.98 Å². The molecule has 2 rings (SSSR count). The van der Waals surface area contributed by atoms with Crippen LogP contribution in [0.4, 0.5) is 5.69 Å². The molecule has 0 saturated carbocycles. The molecule has 0 fully saturated rings. The monoisotopic (exact) mass is 270 g/mol. The molecule has 4 heteroatoms. The van der Waals surface area contributed by atoms with E-state index in [2.05, 4.69) is 31.1 Å². The number of hydrogen-bond acceptors (Lipinski definition) is 3. The number of phenols is 1. The van der Waals surface area contributed by atoms with Crippen LogP contribution in [0.5, 0.6) is 5.75 Å². The molecular weight excluding hydrogens is 252 g/mol. The normalized spacial score (nSPS) is 11.2. The number of carbonyl (C=O) groups excluding carboxylic acids is 1. The van der Waals surface area contributed by atoms with E-state index in [9.17, 15) is 9.90 Å². The van der Waals surface area contributed by atoms with Crippen molar-refractivity contribution in [1.29, 1.82) is 0 Å². The smallest absolute Gasteiger partial charge is 0.257 e. The molecule has 0 aliphatic rings. The van der Waals surface area contributed by atoms with Crippen LogP contribution >= 0.6 is 0 Å². The molecule has 0 spiro atoms. The highest BCUT2D eigenvalue weighted by atomic mass is 16.3. The lowest BCUT2D eigenvalue weighted by Crippen LogP contribution is -2.15. The second-order valence-electron chi connectivity index (χ2n) is 5.68. The molecule has 2 aromatic rings. The van der Waals surface area contributed by atoms with Crippen molar-refractivity contribution in [3.63, 3.8) is 0 Å². The van der Waals surface area contributed by atoms with E-state index in [0.29, 0.717) is 11.3 Å². The summed E-state index contributed by atoms with van der Waals surface area (Å²) in [7, 11) is 0. The van der Waals surface area contributed by atoms with Gasteiger partial charge < -0.3 is 10.4 Å². The van der Waals surface area contributed by atoms with Gasteiger partial charge in [0.1, 0.15) is 5.75 Å². The molecule has 1 aromatic heterocycles. The van der Waals surface area contributed by atoms with Gasteiger partial charge in [-0.3, -0.25) is 9.78 Å². The molecule has 2 N–H and O–H groups in total. The summed E-state index contributed by atoms with van der Waals surface area (Å²) in [5.41, 5.74) is 1.85. The molecule has 0 unspecified atom stereocenters. The highest BCUT2D eigenvalue weighted by molar-refractivity contribution is 6.04. The first-order valence-corrected chi connectivity index (χ1v) is 6.43. The number of nitrogens with zero attached hydrogens (tertiary/aromatic N) is 1. The maximum atomic E-state index is 12.1. The number of carbonyl (C=O) groups is 1. The van der Waals surface area contributed by atoms with Crippen molar-refractivity contribution in [3.05, 3.63) is 53.9 Å². The molecule has 20 heavy (non-hydrogen) atoms. The van der Waals surface area contributed by atoms with Crippen molar-refractivity contribution in [2.75, 3.05) is 5.32 Å². The summed E-state index contributed by atoms with van der Waals surface area (Å²) in [5, 5.41) is 12.6. The topological polar surface area (TPSA) is 62.2 Å². The second-order valence-corrected chi connectivity index (χ2v) is 5.68. The average molecular weight is 270 g/mol. The number of phenolic OH excluding ortho intramolecular Hbond substituents is 1. The van der Waals surface area contributed by atoms with Gasteiger partial charge in [-0.05, 0) is 35.2 Å². The van der Waals surface area contributed by atoms with E-state index in [-0.39, 0.29) is 17.1 Å². The zero-order valence-corrected chi connectivity index (χ0v) is 11.8. The summed E-state index contributed by atoms with van der Waals surface area (Å²) >= 11 is 0. The van der Waals surface area contributed by atoms with E-state index < -0.39 is 0 Å². The van der Waals surface area contributed by atoms with Gasteiger partial charge in [0.15, 0.2) is 0 Å². The van der Waals surface area contributed by atoms with Crippen LogP contribution in [0, 0.1) is 0 Å². The maximum Gasteiger partial charge on any atom is 0.257 e. The Balaban J connectivity index is 2.27. The summed E-state index contributed by atoms with van der Waals surface area (Å²) < 4.78 is 0. The van der Waals surface area contributed by atoms with Crippen LogP contribution in [0.25, 0.3) is 0 Å². The first-order valence-electron chi connectivity index (χ1n) is 6.43. The Hall–Kier alpha value is -2.36. The van der Waals surface area contributed by atoms with Gasteiger partial charge in [-0.15, -0.1) is 0 Å². The number of amides is 1. The SMILES string of the molecule is CC(C)(C)c1ccc(O)c(NC(=O)c2cccnc2)c1. The fourth-order valence-corrected chi connectivity index (χ4v) is 1.79. The Kier molecular flexibility index (Phi) is 3.74. The minimum absolute atomic E-state index is 0.0511. The Morgan fingerprint density at radius 1 is 1.25 bits per heavy atom. The number of benzene rings is 1. The van der Waals surface area contributed by atoms with Gasteiger partial charge in [0, 0.05) is 12.4 Å². The van der Waals surface area contributed by atoms with Crippen LogP contribution < -0.4 is 5.32 Å². The van der Waals surface area contributed by atoms with Crippen molar-refractivity contribution < 1.29 is 9.90 Å². The third kappa shape index (κ3) is 3.15. The van der Waals surface area contributed by atoms with Crippen molar-refractivity contribution in [2.24, 2.45) is 0 Å². The van der Waals surface area contributed by atoms with Crippen LogP contribution in [0.15, 0.2) is 42.7 Å². The average Bonchev–Trinajstić information content (AvgIpc) is 2.41. The summed E-state index contributed by atoms with van der Waals surface area (Å²) in [6, 6.07) is 8.62. The van der Waals surface area contributed by atoms with Gasteiger partial charge in [-0.25, -0.2) is 0 Å². The number of pyridine rings is 1. The Morgan fingerprint density at radius 2 is 2.00 bits per heavy atom. The van der Waals surface area contributed by atoms with E-state index in [1.165, 1.54) is 6.20 Å². The summed E-state index contributed by atoms with van der Waals surface area (Å²) in [5.74, 6) is -0.241. The standard InChI is InChI=1S/C16H18N2O2/c1-16(2,3)12-6-7-14(19)13(9-12)18-15(20)11-5-4-8-17-10-11/h4-10,19H,1-3H3,(H,18,20). The van der Waals surface area contributed by atoms with Crippen LogP contribution in [-0.2, 0) is 5.41 Å². The van der Waals surface area contributed by atoms with Gasteiger partial charge >= 0.3 is 0 Å². The molecule has 4 nitrogen and oxygen atoms in total. The van der Waals surface area contributed by atoms with Crippen LogP contribution in [0.1, 0.15) is 36.7 Å². The van der Waals surface area contributed by atoms with E-state index in [1.54, 1.807) is 30.5 Å². The summed E-state index contributed by atoms with van der Waals surface area (Å²) in [6.07, 6.45) is 3.09. The first-order chi connectivity index (χ1) is 9.38. The molecule has 0 radical (unpaired) electrons. The predicted molar refractivity (Wildman–Crippen MR) is 79.0 cm³/mol. The molecule has 1 heterocycles. The lowest BCUT2D eigenvalue weighted by Gasteiger charge is -2.20. The molecule has 0 aliphatic heterocycles. The molecular formula is C16H18N2O2. The number of hydrogen-bond donors (Lipinski definition) is 2. The van der Waals surface area contributed by atoms with E-state index in [0.717, 1.165) is 5.56 Å². The van der Waals surface area contributed by atoms with Crippen molar-refractivity contribution in [2.45, 2.75) is 26.2 Å². The number of aromatic nitrogens is 1. The quantitative estimate of drug-likeness (QED) is 0.823. The largest absolute Gasteiger partial charge is 0.506 e. The van der Waals surface area contributed by atoms with Crippen molar-refractivity contribution >= 4 is 11.6 Å². The van der Waals surface area contributed by atoms with E-state index in [1.807, 2.05) is 6.07 Å². The van der Waals surface area contributed by atoms with Gasteiger partial charge in [-0.2, -0.15) is 0 Å². The summed E-state index contributed by atoms with van der Waals surface area (Å²) in [6.45, 7) is 6.23. The fraction of sp³-hybridized carbons (Fsp3) is 0.250. The molecule has 0 atom stereocenters. The zero-order valence-electron chi connectivity index (χ0n) is 11.8. The molecule has 1 aromatic carbocycles. The van der Waals surface area contributed by atoms with Crippen LogP contribution in [0.3, 0.4) is 0 Å². The van der Waals surface area contributed by atoms with Gasteiger partial charge in [0.25, 0.3) is 5.91 Å². The fourth-order valence-electron chi connectivity index (χ4n) is 1.79. The first kappa shape index (κ1) is 14.1. The minimum Gasteiger partial charge on any atom is -0.506 e. The maximum absolute atomic E-state index is 12.1. The molecule has 0 bridgehead atoms. The van der Waals surface area contributed by atoms with E-state index in [4.69, 9.17) is 0 Å². The summed E-state index contributed by atoms with van der Waals surface area (Å²) in [4.78, 5) is 16.0. The van der Waals surface area contributed by atoms with Crippen molar-refractivity contribution in [3.8, 4) is 5.75 Å². The van der Waals surface area contributed by atoms with Gasteiger partial charge in [-0.1, -0.05) is 26.8 Å². The van der Waals surface area contributed by atoms with E-state index >= 15 is 0 Å². The third-order valence-electron chi connectivity index (χ3n) is 3.03. The van der Waals surface area contributed by atoms with Gasteiger partial charge in [0.2, 0.25) is 0 Å². The number of rotatable bonds is 2.